The first-order chi connectivity index (χ1) is 12.2. The number of pyridine rings is 2. The molecular weight excluding hydrogens is 310 g/mol. The Bertz CT molecular complexity index is 988. The van der Waals surface area contributed by atoms with E-state index in [2.05, 4.69) is 16.0 Å². The van der Waals surface area contributed by atoms with E-state index in [1.165, 1.54) is 0 Å². The van der Waals surface area contributed by atoms with Gasteiger partial charge in [0.2, 0.25) is 0 Å². The number of nitriles is 1. The molecule has 2 aromatic heterocycles. The highest BCUT2D eigenvalue weighted by Crippen LogP contribution is 2.51. The van der Waals surface area contributed by atoms with E-state index >= 15 is 0 Å². The Morgan fingerprint density at radius 2 is 1.92 bits per heavy atom. The van der Waals surface area contributed by atoms with Gasteiger partial charge in [-0.3, -0.25) is 9.97 Å². The summed E-state index contributed by atoms with van der Waals surface area (Å²) < 4.78 is 6.05. The molecule has 1 aliphatic rings. The minimum atomic E-state index is -0.780. The molecule has 0 fully saturated rings. The van der Waals surface area contributed by atoms with E-state index in [1.807, 2.05) is 55.6 Å². The number of aromatic nitrogens is 2. The van der Waals surface area contributed by atoms with Gasteiger partial charge in [0.25, 0.3) is 0 Å². The van der Waals surface area contributed by atoms with Crippen LogP contribution in [0.1, 0.15) is 27.9 Å². The van der Waals surface area contributed by atoms with Crippen LogP contribution in [0.2, 0.25) is 0 Å². The molecule has 4 rings (SSSR count). The lowest BCUT2D eigenvalue weighted by Gasteiger charge is -2.42. The molecule has 0 saturated heterocycles. The fourth-order valence-electron chi connectivity index (χ4n) is 3.13. The van der Waals surface area contributed by atoms with Crippen LogP contribution in [0.4, 0.5) is 0 Å². The molecule has 120 valence electrons. The molecular formula is C21H15N3O. The monoisotopic (exact) mass is 325 g/mol. The molecule has 0 bridgehead atoms. The quantitative estimate of drug-likeness (QED) is 0.731. The van der Waals surface area contributed by atoms with Gasteiger partial charge in [0.15, 0.2) is 5.60 Å². The van der Waals surface area contributed by atoms with Gasteiger partial charge < -0.3 is 4.74 Å². The van der Waals surface area contributed by atoms with Crippen molar-refractivity contribution in [2.45, 2.75) is 12.5 Å². The first-order valence-corrected chi connectivity index (χ1v) is 7.97. The lowest BCUT2D eigenvalue weighted by atomic mass is 9.75. The zero-order valence-electron chi connectivity index (χ0n) is 13.7. The van der Waals surface area contributed by atoms with E-state index in [0.717, 1.165) is 28.0 Å². The van der Waals surface area contributed by atoms with Crippen molar-refractivity contribution < 1.29 is 4.74 Å². The Hall–Kier alpha value is -3.45. The van der Waals surface area contributed by atoms with Crippen LogP contribution in [0.3, 0.4) is 0 Å². The standard InChI is InChI=1S/C21H15N3O/c1-15-7-8-17(12-24-15)20-14-25-21(20,19-6-3-9-23-13-19)18-5-2-4-16(10-18)11-22/h2-10,12-14H,1H3. The van der Waals surface area contributed by atoms with Gasteiger partial charge in [-0.05, 0) is 31.2 Å². The van der Waals surface area contributed by atoms with Gasteiger partial charge >= 0.3 is 0 Å². The van der Waals surface area contributed by atoms with Gasteiger partial charge in [0.05, 0.1) is 17.9 Å². The fraction of sp³-hybridized carbons (Fsp3) is 0.0952. The second-order valence-electron chi connectivity index (χ2n) is 5.95. The van der Waals surface area contributed by atoms with Crippen molar-refractivity contribution >= 4 is 5.57 Å². The van der Waals surface area contributed by atoms with Gasteiger partial charge in [-0.2, -0.15) is 5.26 Å². The van der Waals surface area contributed by atoms with E-state index in [0.29, 0.717) is 5.56 Å². The molecule has 1 unspecified atom stereocenters. The SMILES string of the molecule is Cc1ccc(C2=COC2(c2cccnc2)c2cccc(C#N)c2)cn1. The molecule has 0 aliphatic carbocycles. The number of ether oxygens (including phenoxy) is 1. The molecule has 4 nitrogen and oxygen atoms in total. The summed E-state index contributed by atoms with van der Waals surface area (Å²) in [5.74, 6) is 0. The summed E-state index contributed by atoms with van der Waals surface area (Å²) >= 11 is 0. The summed E-state index contributed by atoms with van der Waals surface area (Å²) in [6.45, 7) is 1.96. The molecule has 0 amide bonds. The lowest BCUT2D eigenvalue weighted by molar-refractivity contribution is 0.0743. The predicted molar refractivity (Wildman–Crippen MR) is 94.2 cm³/mol. The third kappa shape index (κ3) is 2.38. The molecule has 25 heavy (non-hydrogen) atoms. The lowest BCUT2D eigenvalue weighted by Crippen LogP contribution is -2.38. The molecule has 3 aromatic rings. The summed E-state index contributed by atoms with van der Waals surface area (Å²) in [5, 5.41) is 9.27. The van der Waals surface area contributed by atoms with E-state index in [4.69, 9.17) is 4.74 Å². The molecule has 1 aromatic carbocycles. The van der Waals surface area contributed by atoms with Crippen molar-refractivity contribution in [2.24, 2.45) is 0 Å². The fourth-order valence-corrected chi connectivity index (χ4v) is 3.13. The average molecular weight is 325 g/mol. The molecule has 1 aliphatic heterocycles. The average Bonchev–Trinajstić information content (AvgIpc) is 2.64. The number of rotatable bonds is 3. The second-order valence-corrected chi connectivity index (χ2v) is 5.95. The van der Waals surface area contributed by atoms with Gasteiger partial charge in [-0.25, -0.2) is 0 Å². The largest absolute Gasteiger partial charge is 0.480 e. The number of benzene rings is 1. The van der Waals surface area contributed by atoms with Crippen molar-refractivity contribution in [3.05, 3.63) is 101 Å². The Morgan fingerprint density at radius 3 is 2.56 bits per heavy atom. The maximum atomic E-state index is 9.27. The second kappa shape index (κ2) is 5.88. The molecule has 4 heteroatoms. The van der Waals surface area contributed by atoms with E-state index < -0.39 is 5.60 Å². The van der Waals surface area contributed by atoms with Crippen molar-refractivity contribution in [1.29, 1.82) is 5.26 Å². The minimum Gasteiger partial charge on any atom is -0.480 e. The topological polar surface area (TPSA) is 58.8 Å². The molecule has 0 N–H and O–H groups in total. The summed E-state index contributed by atoms with van der Waals surface area (Å²) in [7, 11) is 0. The van der Waals surface area contributed by atoms with Crippen LogP contribution in [-0.4, -0.2) is 9.97 Å². The van der Waals surface area contributed by atoms with Crippen LogP contribution in [0.15, 0.2) is 73.4 Å². The first kappa shape index (κ1) is 15.1. The number of hydrogen-bond acceptors (Lipinski definition) is 4. The minimum absolute atomic E-state index is 0.595. The van der Waals surface area contributed by atoms with E-state index in [1.54, 1.807) is 24.7 Å². The van der Waals surface area contributed by atoms with E-state index in [-0.39, 0.29) is 0 Å². The van der Waals surface area contributed by atoms with E-state index in [9.17, 15) is 5.26 Å². The van der Waals surface area contributed by atoms with Crippen molar-refractivity contribution in [3.8, 4) is 6.07 Å². The molecule has 3 heterocycles. The summed E-state index contributed by atoms with van der Waals surface area (Å²) in [4.78, 5) is 8.66. The van der Waals surface area contributed by atoms with Crippen molar-refractivity contribution in [3.63, 3.8) is 0 Å². The van der Waals surface area contributed by atoms with Gasteiger partial charge in [0, 0.05) is 46.5 Å². The highest BCUT2D eigenvalue weighted by molar-refractivity contribution is 5.80. The smallest absolute Gasteiger partial charge is 0.188 e. The third-order valence-electron chi connectivity index (χ3n) is 4.42. The zero-order chi connectivity index (χ0) is 17.3. The van der Waals surface area contributed by atoms with Crippen LogP contribution < -0.4 is 0 Å². The van der Waals surface area contributed by atoms with Crippen molar-refractivity contribution in [2.75, 3.05) is 0 Å². The molecule has 0 spiro atoms. The Kier molecular flexibility index (Phi) is 3.55. The van der Waals surface area contributed by atoms with Gasteiger partial charge in [-0.1, -0.05) is 24.3 Å². The maximum absolute atomic E-state index is 9.27. The van der Waals surface area contributed by atoms with Crippen molar-refractivity contribution in [1.82, 2.24) is 9.97 Å². The number of hydrogen-bond donors (Lipinski definition) is 0. The van der Waals surface area contributed by atoms with Crippen LogP contribution in [-0.2, 0) is 10.3 Å². The summed E-state index contributed by atoms with van der Waals surface area (Å²) in [6.07, 6.45) is 7.13. The van der Waals surface area contributed by atoms with Crippen LogP contribution in [0.5, 0.6) is 0 Å². The first-order valence-electron chi connectivity index (χ1n) is 7.97. The summed E-state index contributed by atoms with van der Waals surface area (Å²) in [6, 6.07) is 17.6. The Labute approximate surface area is 146 Å². The molecule has 1 atom stereocenters. The highest BCUT2D eigenvalue weighted by atomic mass is 16.5. The molecule has 0 saturated carbocycles. The van der Waals surface area contributed by atoms with Crippen LogP contribution in [0, 0.1) is 18.3 Å². The molecule has 0 radical (unpaired) electrons. The van der Waals surface area contributed by atoms with Crippen LogP contribution in [0.25, 0.3) is 5.57 Å². The normalized spacial score (nSPS) is 18.5. The number of aryl methyl sites for hydroxylation is 1. The predicted octanol–water partition coefficient (Wildman–Crippen LogP) is 3.97. The Morgan fingerprint density at radius 1 is 1.04 bits per heavy atom. The Balaban J connectivity index is 1.91. The van der Waals surface area contributed by atoms with Gasteiger partial charge in [-0.15, -0.1) is 0 Å². The summed E-state index contributed by atoms with van der Waals surface area (Å²) in [5.41, 5.74) is 4.59. The highest BCUT2D eigenvalue weighted by Gasteiger charge is 2.47. The van der Waals surface area contributed by atoms with Crippen LogP contribution >= 0.6 is 0 Å². The number of nitrogens with zero attached hydrogens (tertiary/aromatic N) is 3. The van der Waals surface area contributed by atoms with Gasteiger partial charge in [0.1, 0.15) is 0 Å². The third-order valence-corrected chi connectivity index (χ3v) is 4.42. The maximum Gasteiger partial charge on any atom is 0.188 e. The zero-order valence-corrected chi connectivity index (χ0v) is 13.7.